The van der Waals surface area contributed by atoms with Crippen LogP contribution in [0.1, 0.15) is 28.8 Å². The molecule has 0 unspecified atom stereocenters. The van der Waals surface area contributed by atoms with Crippen molar-refractivity contribution in [2.24, 2.45) is 0 Å². The smallest absolute Gasteiger partial charge is 0.378 e. The molecule has 3 rings (SSSR count). The zero-order valence-corrected chi connectivity index (χ0v) is 13.9. The van der Waals surface area contributed by atoms with Gasteiger partial charge in [-0.25, -0.2) is 14.3 Å². The van der Waals surface area contributed by atoms with Gasteiger partial charge in [0.1, 0.15) is 0 Å². The maximum Gasteiger partial charge on any atom is 0.378 e. The first-order valence-corrected chi connectivity index (χ1v) is 7.81. The Morgan fingerprint density at radius 3 is 2.80 bits per heavy atom. The lowest BCUT2D eigenvalue weighted by molar-refractivity contribution is -0.119. The highest BCUT2D eigenvalue weighted by Gasteiger charge is 2.17. The van der Waals surface area contributed by atoms with Gasteiger partial charge < -0.3 is 10.1 Å². The monoisotopic (exact) mass is 339 g/mol. The average molecular weight is 339 g/mol. The van der Waals surface area contributed by atoms with E-state index in [1.165, 1.54) is 4.52 Å². The lowest BCUT2D eigenvalue weighted by Crippen LogP contribution is -2.22. The summed E-state index contributed by atoms with van der Waals surface area (Å²) >= 11 is 0. The number of nitrogens with zero attached hydrogens (tertiary/aromatic N) is 4. The first kappa shape index (κ1) is 16.6. The number of hydrogen-bond donors (Lipinski definition) is 1. The molecule has 2 aromatic heterocycles. The molecular formula is C17H17N5O3. The second-order valence-electron chi connectivity index (χ2n) is 5.37. The highest BCUT2D eigenvalue weighted by Crippen LogP contribution is 2.15. The van der Waals surface area contributed by atoms with Crippen LogP contribution in [0.3, 0.4) is 0 Å². The fourth-order valence-electron chi connectivity index (χ4n) is 2.33. The van der Waals surface area contributed by atoms with Gasteiger partial charge in [0.25, 0.3) is 17.5 Å². The van der Waals surface area contributed by atoms with Crippen LogP contribution in [-0.2, 0) is 16.0 Å². The Hall–Kier alpha value is -3.29. The van der Waals surface area contributed by atoms with E-state index in [0.29, 0.717) is 11.5 Å². The molecule has 1 N–H and O–H groups in total. The summed E-state index contributed by atoms with van der Waals surface area (Å²) in [5, 5.41) is 6.77. The van der Waals surface area contributed by atoms with Crippen molar-refractivity contribution in [1.29, 1.82) is 0 Å². The van der Waals surface area contributed by atoms with E-state index in [1.54, 1.807) is 18.3 Å². The molecule has 128 valence electrons. The lowest BCUT2D eigenvalue weighted by Gasteiger charge is -2.09. The van der Waals surface area contributed by atoms with Gasteiger partial charge in [0.05, 0.1) is 0 Å². The van der Waals surface area contributed by atoms with Gasteiger partial charge in [0.2, 0.25) is 0 Å². The predicted molar refractivity (Wildman–Crippen MR) is 90.3 cm³/mol. The van der Waals surface area contributed by atoms with Crippen molar-refractivity contribution < 1.29 is 14.3 Å². The minimum Gasteiger partial charge on any atom is -0.450 e. The highest BCUT2D eigenvalue weighted by molar-refractivity contribution is 5.95. The van der Waals surface area contributed by atoms with Gasteiger partial charge in [-0.1, -0.05) is 25.1 Å². The number of rotatable bonds is 5. The van der Waals surface area contributed by atoms with Gasteiger partial charge in [-0.3, -0.25) is 4.79 Å². The van der Waals surface area contributed by atoms with Crippen molar-refractivity contribution in [1.82, 2.24) is 19.6 Å². The molecule has 3 aromatic rings. The molecule has 0 radical (unpaired) electrons. The van der Waals surface area contributed by atoms with E-state index in [1.807, 2.05) is 32.0 Å². The van der Waals surface area contributed by atoms with E-state index in [0.717, 1.165) is 17.7 Å². The molecular weight excluding hydrogens is 322 g/mol. The van der Waals surface area contributed by atoms with Crippen molar-refractivity contribution in [3.63, 3.8) is 0 Å². The summed E-state index contributed by atoms with van der Waals surface area (Å²) in [4.78, 5) is 32.0. The van der Waals surface area contributed by atoms with Gasteiger partial charge in [-0.15, -0.1) is 5.10 Å². The maximum atomic E-state index is 12.0. The molecule has 0 aliphatic carbocycles. The zero-order chi connectivity index (χ0) is 17.8. The number of aryl methyl sites for hydroxylation is 2. The van der Waals surface area contributed by atoms with E-state index >= 15 is 0 Å². The normalized spacial score (nSPS) is 10.6. The standard InChI is InChI=1S/C17H17N5O3/c1-3-12-6-4-5-7-13(12)19-14(23)10-25-16(24)15-20-17-18-9-8-11(2)22(17)21-15/h4-9H,3,10H2,1-2H3,(H,19,23). The van der Waals surface area contributed by atoms with Gasteiger partial charge in [-0.2, -0.15) is 4.98 Å². The number of benzene rings is 1. The summed E-state index contributed by atoms with van der Waals surface area (Å²) in [5.74, 6) is -1.03. The summed E-state index contributed by atoms with van der Waals surface area (Å²) in [7, 11) is 0. The molecule has 8 nitrogen and oxygen atoms in total. The van der Waals surface area contributed by atoms with Crippen LogP contribution in [0.5, 0.6) is 0 Å². The Morgan fingerprint density at radius 1 is 1.24 bits per heavy atom. The summed E-state index contributed by atoms with van der Waals surface area (Å²) in [5.41, 5.74) is 2.49. The molecule has 1 amide bonds. The number of hydrogen-bond acceptors (Lipinski definition) is 6. The summed E-state index contributed by atoms with van der Waals surface area (Å²) < 4.78 is 6.43. The molecule has 0 saturated carbocycles. The van der Waals surface area contributed by atoms with Crippen molar-refractivity contribution in [2.45, 2.75) is 20.3 Å². The SMILES string of the molecule is CCc1ccccc1NC(=O)COC(=O)c1nc2nccc(C)n2n1. The molecule has 0 saturated heterocycles. The molecule has 0 aliphatic rings. The van der Waals surface area contributed by atoms with Gasteiger partial charge in [-0.05, 0) is 31.0 Å². The van der Waals surface area contributed by atoms with Crippen molar-refractivity contribution in [3.05, 3.63) is 53.6 Å². The Kier molecular flexibility index (Phi) is 4.69. The second kappa shape index (κ2) is 7.08. The third-order valence-corrected chi connectivity index (χ3v) is 3.62. The summed E-state index contributed by atoms with van der Waals surface area (Å²) in [6.07, 6.45) is 2.36. The van der Waals surface area contributed by atoms with Crippen LogP contribution in [0.4, 0.5) is 5.69 Å². The Bertz CT molecular complexity index is 935. The number of carbonyl (C=O) groups excluding carboxylic acids is 2. The van der Waals surface area contributed by atoms with Crippen LogP contribution in [0.25, 0.3) is 5.78 Å². The topological polar surface area (TPSA) is 98.5 Å². The van der Waals surface area contributed by atoms with Crippen LogP contribution in [0.2, 0.25) is 0 Å². The van der Waals surface area contributed by atoms with E-state index in [2.05, 4.69) is 20.4 Å². The second-order valence-corrected chi connectivity index (χ2v) is 5.37. The van der Waals surface area contributed by atoms with Crippen LogP contribution in [0.15, 0.2) is 36.5 Å². The third kappa shape index (κ3) is 3.63. The highest BCUT2D eigenvalue weighted by atomic mass is 16.5. The fraction of sp³-hybridized carbons (Fsp3) is 0.235. The number of fused-ring (bicyclic) bond motifs is 1. The molecule has 0 bridgehead atoms. The Labute approximate surface area is 143 Å². The minimum atomic E-state index is -0.774. The van der Waals surface area contributed by atoms with Gasteiger partial charge in [0, 0.05) is 17.6 Å². The molecule has 8 heteroatoms. The number of esters is 1. The largest absolute Gasteiger partial charge is 0.450 e. The van der Waals surface area contributed by atoms with Crippen molar-refractivity contribution >= 4 is 23.3 Å². The van der Waals surface area contributed by atoms with Crippen LogP contribution >= 0.6 is 0 Å². The first-order valence-electron chi connectivity index (χ1n) is 7.81. The number of ether oxygens (including phenoxy) is 1. The number of nitrogens with one attached hydrogen (secondary N) is 1. The first-order chi connectivity index (χ1) is 12.1. The van der Waals surface area contributed by atoms with Crippen molar-refractivity contribution in [3.8, 4) is 0 Å². The molecule has 0 fully saturated rings. The quantitative estimate of drug-likeness (QED) is 0.712. The van der Waals surface area contributed by atoms with E-state index in [4.69, 9.17) is 4.74 Å². The Balaban J connectivity index is 1.63. The summed E-state index contributed by atoms with van der Waals surface area (Å²) in [6, 6.07) is 9.21. The van der Waals surface area contributed by atoms with E-state index in [-0.39, 0.29) is 5.82 Å². The van der Waals surface area contributed by atoms with Crippen molar-refractivity contribution in [2.75, 3.05) is 11.9 Å². The summed E-state index contributed by atoms with van der Waals surface area (Å²) in [6.45, 7) is 3.39. The number of carbonyl (C=O) groups is 2. The maximum absolute atomic E-state index is 12.0. The molecule has 0 atom stereocenters. The van der Waals surface area contributed by atoms with Crippen LogP contribution < -0.4 is 5.32 Å². The fourth-order valence-corrected chi connectivity index (χ4v) is 2.33. The van der Waals surface area contributed by atoms with E-state index in [9.17, 15) is 9.59 Å². The molecule has 2 heterocycles. The number of anilines is 1. The van der Waals surface area contributed by atoms with E-state index < -0.39 is 18.5 Å². The number of amides is 1. The van der Waals surface area contributed by atoms with Crippen LogP contribution in [0, 0.1) is 6.92 Å². The zero-order valence-electron chi connectivity index (χ0n) is 13.9. The van der Waals surface area contributed by atoms with Gasteiger partial charge in [0.15, 0.2) is 6.61 Å². The van der Waals surface area contributed by atoms with Gasteiger partial charge >= 0.3 is 5.97 Å². The average Bonchev–Trinajstić information content (AvgIpc) is 3.06. The number of para-hydroxylation sites is 1. The molecule has 25 heavy (non-hydrogen) atoms. The molecule has 0 aliphatic heterocycles. The number of aromatic nitrogens is 4. The molecule has 0 spiro atoms. The predicted octanol–water partition coefficient (Wildman–Crippen LogP) is 1.79. The minimum absolute atomic E-state index is 0.136. The lowest BCUT2D eigenvalue weighted by atomic mass is 10.1. The Morgan fingerprint density at radius 2 is 2.04 bits per heavy atom. The molecule has 1 aromatic carbocycles. The van der Waals surface area contributed by atoms with Crippen LogP contribution in [-0.4, -0.2) is 38.1 Å². The third-order valence-electron chi connectivity index (χ3n) is 3.62.